The third kappa shape index (κ3) is 43.5. The number of hydrogen-bond acceptors (Lipinski definition) is 2. The highest BCUT2D eigenvalue weighted by Gasteiger charge is 2.09. The number of hydrogen-bond donors (Lipinski definition) is 1. The van der Waals surface area contributed by atoms with Gasteiger partial charge in [0.2, 0.25) is 0 Å². The van der Waals surface area contributed by atoms with Gasteiger partial charge in [0.15, 0.2) is 5.78 Å². The second kappa shape index (κ2) is 40.4. The maximum atomic E-state index is 11.5. The Kier molecular flexibility index (Phi) is 43.9. The third-order valence-electron chi connectivity index (χ3n) is 8.83. The molecular formula is C42H88O2. The Morgan fingerprint density at radius 3 is 1.39 bits per heavy atom. The monoisotopic (exact) mass is 625 g/mol. The van der Waals surface area contributed by atoms with E-state index in [2.05, 4.69) is 62.3 Å². The van der Waals surface area contributed by atoms with Crippen molar-refractivity contribution in [1.82, 2.24) is 0 Å². The summed E-state index contributed by atoms with van der Waals surface area (Å²) in [5.41, 5.74) is 1.25. The lowest BCUT2D eigenvalue weighted by molar-refractivity contribution is -0.114. The van der Waals surface area contributed by atoms with Crippen LogP contribution in [0.15, 0.2) is 11.6 Å². The van der Waals surface area contributed by atoms with Gasteiger partial charge in [-0.3, -0.25) is 4.79 Å². The number of carbonyl (C=O) groups excluding carboxylic acids is 1. The summed E-state index contributed by atoms with van der Waals surface area (Å²) in [7, 11) is 0. The van der Waals surface area contributed by atoms with Crippen LogP contribution in [0.4, 0.5) is 0 Å². The molecule has 0 aliphatic carbocycles. The van der Waals surface area contributed by atoms with E-state index in [0.717, 1.165) is 38.0 Å². The molecule has 2 heteroatoms. The van der Waals surface area contributed by atoms with Gasteiger partial charge < -0.3 is 5.11 Å². The first-order chi connectivity index (χ1) is 21.2. The van der Waals surface area contributed by atoms with Gasteiger partial charge in [-0.05, 0) is 56.9 Å². The largest absolute Gasteiger partial charge is 0.393 e. The van der Waals surface area contributed by atoms with Crippen LogP contribution in [0.2, 0.25) is 0 Å². The van der Waals surface area contributed by atoms with E-state index in [4.69, 9.17) is 0 Å². The standard InChI is InChI=1S/C14H30O.C14H26O.C14H30.H2/c2*1-4-6-8-10-13(3)12-14(15)11-9-7-5-2;1-4-6-8-9-11-13-14(3)12-10-7-5-2;/h13-15H,4-12H2,1-3H3;12H,4-11H2,1-3H3;14H,4-13H2,1-3H3;1H/b;13-12+;;. The summed E-state index contributed by atoms with van der Waals surface area (Å²) in [5.74, 6) is 1.99. The molecule has 3 atom stereocenters. The molecule has 0 aromatic carbocycles. The molecule has 3 unspecified atom stereocenters. The Morgan fingerprint density at radius 1 is 0.523 bits per heavy atom. The second-order valence-corrected chi connectivity index (χ2v) is 14.2. The third-order valence-corrected chi connectivity index (χ3v) is 8.83. The van der Waals surface area contributed by atoms with E-state index in [9.17, 15) is 9.90 Å². The fraction of sp³-hybridized carbons (Fsp3) is 0.929. The minimum absolute atomic E-state index is 0. The molecule has 268 valence electrons. The summed E-state index contributed by atoms with van der Waals surface area (Å²) in [6.07, 6.45) is 36.1. The van der Waals surface area contributed by atoms with Crippen LogP contribution in [0.5, 0.6) is 0 Å². The van der Waals surface area contributed by atoms with Crippen LogP contribution in [0, 0.1) is 11.8 Å². The van der Waals surface area contributed by atoms with Crippen molar-refractivity contribution in [3.8, 4) is 0 Å². The van der Waals surface area contributed by atoms with Crippen molar-refractivity contribution in [3.05, 3.63) is 11.6 Å². The highest BCUT2D eigenvalue weighted by molar-refractivity contribution is 5.90. The SMILES string of the molecule is CCCCCC(=O)/C=C(\C)CCCCC.CCCCCC(C)CC(O)CCCCC.CCCCCCCC(C)CCCCC.[HH]. The summed E-state index contributed by atoms with van der Waals surface area (Å²) in [5, 5.41) is 9.80. The van der Waals surface area contributed by atoms with Gasteiger partial charge in [-0.2, -0.15) is 0 Å². The zero-order valence-electron chi connectivity index (χ0n) is 32.3. The first-order valence-corrected chi connectivity index (χ1v) is 20.1. The highest BCUT2D eigenvalue weighted by Crippen LogP contribution is 2.18. The number of rotatable bonds is 29. The first kappa shape index (κ1) is 47.8. The minimum Gasteiger partial charge on any atom is -0.393 e. The molecule has 0 rings (SSSR count). The van der Waals surface area contributed by atoms with Crippen LogP contribution in [0.3, 0.4) is 0 Å². The van der Waals surface area contributed by atoms with Gasteiger partial charge in [0.1, 0.15) is 0 Å². The van der Waals surface area contributed by atoms with E-state index in [1.165, 1.54) is 147 Å². The molecule has 0 radical (unpaired) electrons. The van der Waals surface area contributed by atoms with Gasteiger partial charge in [-0.1, -0.05) is 196 Å². The molecule has 0 spiro atoms. The van der Waals surface area contributed by atoms with Gasteiger partial charge in [0, 0.05) is 7.85 Å². The Labute approximate surface area is 281 Å². The van der Waals surface area contributed by atoms with Gasteiger partial charge in [-0.15, -0.1) is 0 Å². The molecule has 0 fully saturated rings. The quantitative estimate of drug-likeness (QED) is 0.0664. The van der Waals surface area contributed by atoms with Crippen molar-refractivity contribution in [2.45, 2.75) is 242 Å². The maximum absolute atomic E-state index is 11.5. The number of aliphatic hydroxyl groups is 1. The predicted octanol–water partition coefficient (Wildman–Crippen LogP) is 15.0. The maximum Gasteiger partial charge on any atom is 0.155 e. The molecule has 0 aromatic rings. The number of allylic oxidation sites excluding steroid dienone is 2. The Bertz CT molecular complexity index is 559. The normalized spacial score (nSPS) is 13.4. The molecule has 0 bridgehead atoms. The summed E-state index contributed by atoms with van der Waals surface area (Å²) in [4.78, 5) is 11.5. The van der Waals surface area contributed by atoms with E-state index in [0.29, 0.717) is 11.7 Å². The lowest BCUT2D eigenvalue weighted by Crippen LogP contribution is -2.11. The second-order valence-electron chi connectivity index (χ2n) is 14.2. The van der Waals surface area contributed by atoms with Crippen molar-refractivity contribution in [1.29, 1.82) is 0 Å². The van der Waals surface area contributed by atoms with Crippen molar-refractivity contribution in [3.63, 3.8) is 0 Å². The molecule has 0 saturated carbocycles. The Hall–Kier alpha value is -0.630. The van der Waals surface area contributed by atoms with Crippen LogP contribution >= 0.6 is 0 Å². The molecule has 0 aromatic heterocycles. The fourth-order valence-electron chi connectivity index (χ4n) is 5.68. The summed E-state index contributed by atoms with van der Waals surface area (Å²) in [6.45, 7) is 20.2. The zero-order valence-corrected chi connectivity index (χ0v) is 32.3. The van der Waals surface area contributed by atoms with Crippen molar-refractivity contribution in [2.75, 3.05) is 0 Å². The van der Waals surface area contributed by atoms with Crippen molar-refractivity contribution >= 4 is 5.78 Å². The molecule has 0 heterocycles. The highest BCUT2D eigenvalue weighted by atomic mass is 16.3. The molecule has 2 nitrogen and oxygen atoms in total. The zero-order chi connectivity index (χ0) is 33.7. The van der Waals surface area contributed by atoms with Crippen LogP contribution in [-0.4, -0.2) is 17.0 Å². The van der Waals surface area contributed by atoms with Crippen LogP contribution in [-0.2, 0) is 4.79 Å². The van der Waals surface area contributed by atoms with E-state index < -0.39 is 0 Å². The number of carbonyl (C=O) groups is 1. The smallest absolute Gasteiger partial charge is 0.155 e. The average molecular weight is 625 g/mol. The van der Waals surface area contributed by atoms with Gasteiger partial charge >= 0.3 is 0 Å². The number of aliphatic hydroxyl groups excluding tert-OH is 1. The van der Waals surface area contributed by atoms with Crippen LogP contribution < -0.4 is 0 Å². The molecule has 44 heavy (non-hydrogen) atoms. The predicted molar refractivity (Wildman–Crippen MR) is 204 cm³/mol. The molecular weight excluding hydrogens is 536 g/mol. The van der Waals surface area contributed by atoms with Crippen LogP contribution in [0.1, 0.15) is 237 Å². The lowest BCUT2D eigenvalue weighted by atomic mass is 9.95. The molecule has 0 saturated heterocycles. The van der Waals surface area contributed by atoms with Gasteiger partial charge in [0.05, 0.1) is 6.10 Å². The number of ketones is 1. The van der Waals surface area contributed by atoms with E-state index in [1.807, 2.05) is 6.08 Å². The van der Waals surface area contributed by atoms with E-state index in [-0.39, 0.29) is 7.53 Å². The summed E-state index contributed by atoms with van der Waals surface area (Å²) in [6, 6.07) is 0. The van der Waals surface area contributed by atoms with Crippen LogP contribution in [0.25, 0.3) is 0 Å². The topological polar surface area (TPSA) is 37.3 Å². The summed E-state index contributed by atoms with van der Waals surface area (Å²) < 4.78 is 0. The molecule has 0 aliphatic heterocycles. The summed E-state index contributed by atoms with van der Waals surface area (Å²) >= 11 is 0. The molecule has 0 aliphatic rings. The minimum atomic E-state index is -0.0480. The van der Waals surface area contributed by atoms with Gasteiger partial charge in [-0.25, -0.2) is 0 Å². The lowest BCUT2D eigenvalue weighted by Gasteiger charge is -2.16. The van der Waals surface area contributed by atoms with Crippen molar-refractivity contribution < 1.29 is 11.3 Å². The Balaban J connectivity index is -0.000000277. The van der Waals surface area contributed by atoms with E-state index in [1.54, 1.807) is 0 Å². The number of unbranched alkanes of at least 4 members (excludes halogenated alkanes) is 14. The molecule has 0 amide bonds. The fourth-order valence-corrected chi connectivity index (χ4v) is 5.68. The van der Waals surface area contributed by atoms with Crippen molar-refractivity contribution in [2.24, 2.45) is 11.8 Å². The Morgan fingerprint density at radius 2 is 0.886 bits per heavy atom. The average Bonchev–Trinajstić information content (AvgIpc) is 2.98. The van der Waals surface area contributed by atoms with E-state index >= 15 is 0 Å². The molecule has 1 N–H and O–H groups in total. The first-order valence-electron chi connectivity index (χ1n) is 20.1. The van der Waals surface area contributed by atoms with Gasteiger partial charge in [0.25, 0.3) is 0 Å².